The molecule has 5 nitrogen and oxygen atoms in total. The van der Waals surface area contributed by atoms with Crippen LogP contribution in [-0.4, -0.2) is 37.3 Å². The Morgan fingerprint density at radius 2 is 2.00 bits per heavy atom. The van der Waals surface area contributed by atoms with Crippen molar-refractivity contribution in [3.63, 3.8) is 0 Å². The molecule has 3 heterocycles. The van der Waals surface area contributed by atoms with E-state index in [1.165, 1.54) is 12.0 Å². The average Bonchev–Trinajstić information content (AvgIpc) is 3.31. The van der Waals surface area contributed by atoms with Crippen LogP contribution in [0.1, 0.15) is 24.9 Å². The second-order valence-corrected chi connectivity index (χ2v) is 6.70. The van der Waals surface area contributed by atoms with E-state index in [-0.39, 0.29) is 0 Å². The Labute approximate surface area is 142 Å². The smallest absolute Gasteiger partial charge is 0.0949 e. The first kappa shape index (κ1) is 15.1. The molecular weight excluding hydrogens is 298 g/mol. The van der Waals surface area contributed by atoms with Crippen LogP contribution >= 0.6 is 0 Å². The second-order valence-electron chi connectivity index (χ2n) is 6.70. The van der Waals surface area contributed by atoms with Gasteiger partial charge in [0.25, 0.3) is 0 Å². The molecule has 4 rings (SSSR count). The van der Waals surface area contributed by atoms with Gasteiger partial charge in [-0.1, -0.05) is 19.1 Å². The summed E-state index contributed by atoms with van der Waals surface area (Å²) in [5.74, 6) is 0.692. The molecule has 3 aromatic rings. The van der Waals surface area contributed by atoms with Crippen molar-refractivity contribution in [2.75, 3.05) is 13.1 Å². The number of nitrogens with zero attached hydrogens (tertiary/aromatic N) is 5. The lowest BCUT2D eigenvalue weighted by Gasteiger charge is -2.37. The van der Waals surface area contributed by atoms with Crippen LogP contribution in [0.4, 0.5) is 0 Å². The SMILES string of the molecule is C[C@@H]1CCN(Cc2ccc(-n3cccn3)cc2)C[C@@H]1n1ccnc1. The Morgan fingerprint density at radius 1 is 1.12 bits per heavy atom. The molecule has 24 heavy (non-hydrogen) atoms. The first-order valence-electron chi connectivity index (χ1n) is 8.58. The number of hydrogen-bond donors (Lipinski definition) is 0. The first-order valence-corrected chi connectivity index (χ1v) is 8.58. The van der Waals surface area contributed by atoms with E-state index >= 15 is 0 Å². The van der Waals surface area contributed by atoms with Crippen molar-refractivity contribution in [2.24, 2.45) is 5.92 Å². The van der Waals surface area contributed by atoms with Crippen LogP contribution in [0.2, 0.25) is 0 Å². The molecule has 2 aromatic heterocycles. The maximum absolute atomic E-state index is 4.28. The minimum absolute atomic E-state index is 0.518. The molecule has 2 atom stereocenters. The number of likely N-dealkylation sites (tertiary alicyclic amines) is 1. The van der Waals surface area contributed by atoms with Gasteiger partial charge in [-0.15, -0.1) is 0 Å². The highest BCUT2D eigenvalue weighted by Crippen LogP contribution is 2.28. The Balaban J connectivity index is 1.43. The standard InChI is InChI=1S/C19H23N5/c1-16-7-11-22(14-19(16)23-12-9-20-15-23)13-17-3-5-18(6-4-17)24-10-2-8-21-24/h2-6,8-10,12,15-16,19H,7,11,13-14H2,1H3/t16-,19+/m1/s1. The van der Waals surface area contributed by atoms with E-state index in [1.54, 1.807) is 6.20 Å². The van der Waals surface area contributed by atoms with Crippen molar-refractivity contribution < 1.29 is 0 Å². The van der Waals surface area contributed by atoms with E-state index in [0.29, 0.717) is 12.0 Å². The highest BCUT2D eigenvalue weighted by molar-refractivity contribution is 5.33. The lowest BCUT2D eigenvalue weighted by atomic mass is 9.93. The molecule has 1 aliphatic heterocycles. The minimum Gasteiger partial charge on any atom is -0.333 e. The molecule has 124 valence electrons. The Morgan fingerprint density at radius 3 is 2.71 bits per heavy atom. The van der Waals surface area contributed by atoms with Crippen LogP contribution in [0.5, 0.6) is 0 Å². The molecule has 0 bridgehead atoms. The Bertz CT molecular complexity index is 746. The van der Waals surface area contributed by atoms with Crippen molar-refractivity contribution in [1.82, 2.24) is 24.2 Å². The van der Waals surface area contributed by atoms with E-state index in [1.807, 2.05) is 29.5 Å². The predicted octanol–water partition coefficient (Wildman–Crippen LogP) is 3.15. The topological polar surface area (TPSA) is 38.9 Å². The maximum atomic E-state index is 4.28. The number of rotatable bonds is 4. The monoisotopic (exact) mass is 321 g/mol. The summed E-state index contributed by atoms with van der Waals surface area (Å²) in [6, 6.07) is 11.2. The van der Waals surface area contributed by atoms with Gasteiger partial charge >= 0.3 is 0 Å². The number of benzene rings is 1. The van der Waals surface area contributed by atoms with Crippen molar-refractivity contribution in [1.29, 1.82) is 0 Å². The number of aromatic nitrogens is 4. The van der Waals surface area contributed by atoms with Crippen LogP contribution in [-0.2, 0) is 6.54 Å². The van der Waals surface area contributed by atoms with Gasteiger partial charge in [0.1, 0.15) is 0 Å². The normalized spacial score (nSPS) is 21.9. The molecule has 0 radical (unpaired) electrons. The fourth-order valence-electron chi connectivity index (χ4n) is 3.55. The van der Waals surface area contributed by atoms with E-state index < -0.39 is 0 Å². The van der Waals surface area contributed by atoms with Gasteiger partial charge in [-0.2, -0.15) is 5.10 Å². The van der Waals surface area contributed by atoms with E-state index in [2.05, 4.69) is 56.9 Å². The van der Waals surface area contributed by atoms with Crippen LogP contribution in [0.25, 0.3) is 5.69 Å². The number of hydrogen-bond acceptors (Lipinski definition) is 3. The third kappa shape index (κ3) is 3.12. The fraction of sp³-hybridized carbons (Fsp3) is 0.368. The third-order valence-electron chi connectivity index (χ3n) is 5.02. The summed E-state index contributed by atoms with van der Waals surface area (Å²) in [7, 11) is 0. The second kappa shape index (κ2) is 6.61. The summed E-state index contributed by atoms with van der Waals surface area (Å²) in [5, 5.41) is 4.28. The molecule has 1 aromatic carbocycles. The lowest BCUT2D eigenvalue weighted by molar-refractivity contribution is 0.126. The molecule has 1 saturated heterocycles. The number of imidazole rings is 1. The molecule has 0 aliphatic carbocycles. The zero-order chi connectivity index (χ0) is 16.4. The van der Waals surface area contributed by atoms with Crippen LogP contribution in [0.3, 0.4) is 0 Å². The van der Waals surface area contributed by atoms with Gasteiger partial charge in [-0.05, 0) is 42.6 Å². The van der Waals surface area contributed by atoms with Gasteiger partial charge in [-0.3, -0.25) is 4.90 Å². The van der Waals surface area contributed by atoms with Crippen molar-refractivity contribution >= 4 is 0 Å². The molecule has 0 amide bonds. The summed E-state index contributed by atoms with van der Waals surface area (Å²) in [6.07, 6.45) is 10.9. The van der Waals surface area contributed by atoms with E-state index in [4.69, 9.17) is 0 Å². The van der Waals surface area contributed by atoms with Crippen LogP contribution in [0.15, 0.2) is 61.4 Å². The van der Waals surface area contributed by atoms with Gasteiger partial charge in [0.05, 0.1) is 12.0 Å². The summed E-state index contributed by atoms with van der Waals surface area (Å²) in [6.45, 7) is 5.59. The molecule has 5 heteroatoms. The van der Waals surface area contributed by atoms with Crippen LogP contribution in [0, 0.1) is 5.92 Å². The number of piperidine rings is 1. The quantitative estimate of drug-likeness (QED) is 0.741. The summed E-state index contributed by atoms with van der Waals surface area (Å²) in [5.41, 5.74) is 2.46. The van der Waals surface area contributed by atoms with Crippen molar-refractivity contribution in [2.45, 2.75) is 25.9 Å². The zero-order valence-corrected chi connectivity index (χ0v) is 14.0. The zero-order valence-electron chi connectivity index (χ0n) is 14.0. The summed E-state index contributed by atoms with van der Waals surface area (Å²) < 4.78 is 4.15. The molecule has 0 spiro atoms. The molecule has 1 fully saturated rings. The maximum Gasteiger partial charge on any atom is 0.0949 e. The first-order chi connectivity index (χ1) is 11.8. The largest absolute Gasteiger partial charge is 0.333 e. The van der Waals surface area contributed by atoms with Gasteiger partial charge in [0, 0.05) is 43.9 Å². The van der Waals surface area contributed by atoms with Gasteiger partial charge in [0.2, 0.25) is 0 Å². The molecule has 0 saturated carbocycles. The summed E-state index contributed by atoms with van der Waals surface area (Å²) >= 11 is 0. The van der Waals surface area contributed by atoms with Crippen molar-refractivity contribution in [3.8, 4) is 5.69 Å². The van der Waals surface area contributed by atoms with Crippen LogP contribution < -0.4 is 0 Å². The minimum atomic E-state index is 0.518. The predicted molar refractivity (Wildman–Crippen MR) is 93.9 cm³/mol. The van der Waals surface area contributed by atoms with Crippen molar-refractivity contribution in [3.05, 3.63) is 67.0 Å². The van der Waals surface area contributed by atoms with Gasteiger partial charge < -0.3 is 4.57 Å². The third-order valence-corrected chi connectivity index (χ3v) is 5.02. The van der Waals surface area contributed by atoms with Gasteiger partial charge in [-0.25, -0.2) is 9.67 Å². The highest BCUT2D eigenvalue weighted by Gasteiger charge is 2.27. The Kier molecular flexibility index (Phi) is 4.17. The summed E-state index contributed by atoms with van der Waals surface area (Å²) in [4.78, 5) is 6.76. The van der Waals surface area contributed by atoms with E-state index in [9.17, 15) is 0 Å². The average molecular weight is 321 g/mol. The lowest BCUT2D eigenvalue weighted by Crippen LogP contribution is -2.40. The molecule has 0 N–H and O–H groups in total. The molecular formula is C19H23N5. The molecule has 0 unspecified atom stereocenters. The van der Waals surface area contributed by atoms with Gasteiger partial charge in [0.15, 0.2) is 0 Å². The highest BCUT2D eigenvalue weighted by atomic mass is 15.3. The fourth-order valence-corrected chi connectivity index (χ4v) is 3.55. The van der Waals surface area contributed by atoms with E-state index in [0.717, 1.165) is 25.3 Å². The Hall–Kier alpha value is -2.40. The molecule has 1 aliphatic rings.